The lowest BCUT2D eigenvalue weighted by atomic mass is 9.83. The van der Waals surface area contributed by atoms with Gasteiger partial charge in [0.2, 0.25) is 17.7 Å². The fraction of sp³-hybridized carbons (Fsp3) is 0.683. The van der Waals surface area contributed by atoms with Crippen molar-refractivity contribution in [1.82, 2.24) is 20.0 Å². The first-order chi connectivity index (χ1) is 37.9. The molecule has 2 aromatic carbocycles. The van der Waals surface area contributed by atoms with Crippen molar-refractivity contribution in [3.05, 3.63) is 65.7 Å². The van der Waals surface area contributed by atoms with Gasteiger partial charge in [-0.05, 0) is 86.5 Å². The Labute approximate surface area is 483 Å². The average Bonchev–Trinajstić information content (AvgIpc) is 3.91. The van der Waals surface area contributed by atoms with E-state index in [1.807, 2.05) is 85.7 Å². The first-order valence-electron chi connectivity index (χ1n) is 29.1. The van der Waals surface area contributed by atoms with Crippen LogP contribution in [-0.2, 0) is 54.3 Å². The number of methoxy groups -OCH3 is 2. The van der Waals surface area contributed by atoms with Crippen LogP contribution in [0.3, 0.4) is 0 Å². The zero-order valence-electron chi connectivity index (χ0n) is 51.9. The minimum atomic E-state index is -0.923. The minimum Gasteiger partial charge on any atom is -0.445 e. The summed E-state index contributed by atoms with van der Waals surface area (Å²) in [5.74, 6) is -4.84. The number of hydrogen-bond acceptors (Lipinski definition) is 13. The molecule has 1 saturated heterocycles. The molecular formula is C63H99N5O13. The molecule has 0 aliphatic carbocycles. The molecule has 0 saturated carbocycles. The number of nitrogens with zero attached hydrogens (tertiary/aromatic N) is 3. The van der Waals surface area contributed by atoms with Crippen LogP contribution >= 0.6 is 0 Å². The molecule has 18 nitrogen and oxygen atoms in total. The molecule has 1 heterocycles. The highest BCUT2D eigenvalue weighted by atomic mass is 16.6. The largest absolute Gasteiger partial charge is 0.445 e. The second-order valence-corrected chi connectivity index (χ2v) is 24.6. The molecule has 1 aliphatic rings. The molecule has 1 aliphatic heterocycles. The highest BCUT2D eigenvalue weighted by Gasteiger charge is 2.44. The number of aliphatic hydroxyl groups is 1. The Morgan fingerprint density at radius 3 is 1.88 bits per heavy atom. The number of rotatable bonds is 31. The number of carbonyl (C=O) groups excluding carboxylic acids is 8. The third kappa shape index (κ3) is 20.3. The lowest BCUT2D eigenvalue weighted by molar-refractivity contribution is -0.149. The van der Waals surface area contributed by atoms with Gasteiger partial charge in [0.25, 0.3) is 0 Å². The van der Waals surface area contributed by atoms with Crippen LogP contribution in [0.2, 0.25) is 0 Å². The van der Waals surface area contributed by atoms with Crippen molar-refractivity contribution in [3.8, 4) is 0 Å². The number of amides is 5. The second-order valence-electron chi connectivity index (χ2n) is 24.6. The predicted octanol–water partition coefficient (Wildman–Crippen LogP) is 9.84. The van der Waals surface area contributed by atoms with E-state index in [4.69, 9.17) is 18.9 Å². The van der Waals surface area contributed by atoms with Crippen molar-refractivity contribution >= 4 is 52.9 Å². The summed E-state index contributed by atoms with van der Waals surface area (Å²) in [6.45, 7) is 25.9. The number of alkyl carbamates (subject to hydrolysis) is 1. The molecule has 454 valence electrons. The molecule has 0 bridgehead atoms. The third-order valence-corrected chi connectivity index (χ3v) is 16.0. The molecule has 2 aromatic rings. The Morgan fingerprint density at radius 1 is 0.728 bits per heavy atom. The summed E-state index contributed by atoms with van der Waals surface area (Å²) in [6, 6.07) is 13.3. The van der Waals surface area contributed by atoms with E-state index in [0.29, 0.717) is 30.6 Å². The lowest BCUT2D eigenvalue weighted by Gasteiger charge is -2.41. The van der Waals surface area contributed by atoms with Crippen molar-refractivity contribution in [1.29, 1.82) is 0 Å². The molecule has 12 atom stereocenters. The number of anilines is 1. The summed E-state index contributed by atoms with van der Waals surface area (Å²) >= 11 is 0. The standard InChI is InChI=1S/C63H99N5O13/c1-19-40(8)56(52(78-17)35-53(72)68-31-23-26-48(68)58(79-18)43(11)49(69)32-41(9)57(73)45-24-21-20-22-25-45)66(15)60(75)47(37(2)3)34-51(71)55(39(6)7)67(16)62(77)80-36-44-27-29-46(30-28-44)64-59(74)42(10)33-50(70)54(38(4)5)65-61(76)81-63(12,13)14/h20-22,24-25,27-30,37-43,47-48,52,54-58,73H,19,23,26,31-36H2,1-18H3,(H,64,74)(H,65,76)/t40-,41-,42+,43-,47-,48-,52+,54-,55-,56-,57+,58+/m0/s1. The van der Waals surface area contributed by atoms with Crippen LogP contribution in [0.5, 0.6) is 0 Å². The molecule has 0 unspecified atom stereocenters. The van der Waals surface area contributed by atoms with Gasteiger partial charge in [0.1, 0.15) is 18.0 Å². The number of likely N-dealkylation sites (N-methyl/N-ethyl adjacent to an activating group) is 2. The van der Waals surface area contributed by atoms with Gasteiger partial charge in [-0.1, -0.05) is 125 Å². The molecule has 0 aromatic heterocycles. The van der Waals surface area contributed by atoms with Crippen LogP contribution in [0.4, 0.5) is 15.3 Å². The van der Waals surface area contributed by atoms with E-state index in [-0.39, 0.29) is 97.1 Å². The van der Waals surface area contributed by atoms with Gasteiger partial charge in [0, 0.05) is 77.6 Å². The molecule has 3 rings (SSSR count). The maximum Gasteiger partial charge on any atom is 0.410 e. The molecular weight excluding hydrogens is 1030 g/mol. The molecule has 18 heteroatoms. The van der Waals surface area contributed by atoms with Gasteiger partial charge in [-0.15, -0.1) is 0 Å². The van der Waals surface area contributed by atoms with Crippen LogP contribution in [0.15, 0.2) is 54.6 Å². The number of carbonyl (C=O) groups is 8. The van der Waals surface area contributed by atoms with Gasteiger partial charge >= 0.3 is 12.2 Å². The number of hydrogen-bond donors (Lipinski definition) is 3. The Morgan fingerprint density at radius 2 is 1.35 bits per heavy atom. The maximum atomic E-state index is 14.8. The maximum absolute atomic E-state index is 14.8. The summed E-state index contributed by atoms with van der Waals surface area (Å²) < 4.78 is 23.1. The van der Waals surface area contributed by atoms with E-state index in [9.17, 15) is 43.5 Å². The van der Waals surface area contributed by atoms with Crippen molar-refractivity contribution in [2.75, 3.05) is 40.2 Å². The van der Waals surface area contributed by atoms with Crippen LogP contribution < -0.4 is 10.6 Å². The normalized spacial score (nSPS) is 17.9. The van der Waals surface area contributed by atoms with Crippen LogP contribution in [0, 0.1) is 47.3 Å². The van der Waals surface area contributed by atoms with E-state index in [1.54, 1.807) is 89.8 Å². The zero-order valence-corrected chi connectivity index (χ0v) is 51.9. The highest BCUT2D eigenvalue weighted by molar-refractivity contribution is 5.97. The number of Topliss-reactive ketones (excluding diaryl/α,β-unsaturated/α-hetero) is 3. The van der Waals surface area contributed by atoms with Crippen molar-refractivity contribution in [2.24, 2.45) is 47.3 Å². The molecule has 0 radical (unpaired) electrons. The molecule has 1 fully saturated rings. The van der Waals surface area contributed by atoms with E-state index < -0.39 is 77.9 Å². The number of likely N-dealkylation sites (tertiary alicyclic amines) is 1. The number of aliphatic hydroxyl groups excluding tert-OH is 1. The summed E-state index contributed by atoms with van der Waals surface area (Å²) in [5, 5.41) is 16.5. The molecule has 0 spiro atoms. The molecule has 3 N–H and O–H groups in total. The Bertz CT molecular complexity index is 2370. The Kier molecular flexibility index (Phi) is 27.7. The Balaban J connectivity index is 1.67. The number of nitrogens with one attached hydrogen (secondary N) is 2. The van der Waals surface area contributed by atoms with Crippen molar-refractivity contribution < 1.29 is 62.4 Å². The van der Waals surface area contributed by atoms with Crippen LogP contribution in [0.1, 0.15) is 159 Å². The third-order valence-electron chi connectivity index (χ3n) is 16.0. The molecule has 81 heavy (non-hydrogen) atoms. The van der Waals surface area contributed by atoms with Gasteiger partial charge in [-0.25, -0.2) is 9.59 Å². The fourth-order valence-corrected chi connectivity index (χ4v) is 11.1. The number of ether oxygens (including phenoxy) is 4. The zero-order chi connectivity index (χ0) is 61.2. The smallest absolute Gasteiger partial charge is 0.410 e. The van der Waals surface area contributed by atoms with Crippen molar-refractivity contribution in [2.45, 2.75) is 197 Å². The van der Waals surface area contributed by atoms with Gasteiger partial charge < -0.3 is 49.4 Å². The second kappa shape index (κ2) is 32.2. The monoisotopic (exact) mass is 1130 g/mol. The Hall–Kier alpha value is -5.72. The number of ketones is 3. The summed E-state index contributed by atoms with van der Waals surface area (Å²) in [6.07, 6.45) is -1.66. The van der Waals surface area contributed by atoms with Gasteiger partial charge in [0.05, 0.1) is 48.9 Å². The summed E-state index contributed by atoms with van der Waals surface area (Å²) in [7, 11) is 6.29. The van der Waals surface area contributed by atoms with Crippen LogP contribution in [-0.4, -0.2) is 144 Å². The quantitative estimate of drug-likeness (QED) is 0.0640. The van der Waals surface area contributed by atoms with Gasteiger partial charge in [0.15, 0.2) is 11.6 Å². The average molecular weight is 1130 g/mol. The highest BCUT2D eigenvalue weighted by Crippen LogP contribution is 2.33. The SMILES string of the molecule is CC[C@H](C)[C@@H]([C@@H](CC(=O)N1CCC[C@H]1[C@H](OC)[C@@H](C)C(=O)C[C@H](C)[C@@H](O)c1ccccc1)OC)N(C)C(=O)[C@@H](CC(=O)[C@H](C(C)C)N(C)C(=O)OCc1ccc(NC(=O)[C@H](C)CC(=O)[C@@H](NC(=O)OC(C)(C)C)C(C)C)cc1)C(C)C. The summed E-state index contributed by atoms with van der Waals surface area (Å²) in [4.78, 5) is 115. The van der Waals surface area contributed by atoms with Gasteiger partial charge in [-0.3, -0.25) is 28.8 Å². The predicted molar refractivity (Wildman–Crippen MR) is 313 cm³/mol. The first kappa shape index (κ1) is 69.5. The van der Waals surface area contributed by atoms with E-state index in [2.05, 4.69) is 10.6 Å². The fourth-order valence-electron chi connectivity index (χ4n) is 11.1. The van der Waals surface area contributed by atoms with E-state index in [0.717, 1.165) is 12.0 Å². The van der Waals surface area contributed by atoms with Crippen LogP contribution in [0.25, 0.3) is 0 Å². The molecule has 5 amide bonds. The van der Waals surface area contributed by atoms with Gasteiger partial charge in [-0.2, -0.15) is 0 Å². The lowest BCUT2D eigenvalue weighted by Crippen LogP contribution is -2.54. The van der Waals surface area contributed by atoms with E-state index >= 15 is 0 Å². The topological polar surface area (TPSA) is 227 Å². The van der Waals surface area contributed by atoms with E-state index in [1.165, 1.54) is 19.1 Å². The number of benzene rings is 2. The minimum absolute atomic E-state index is 0.0341. The van der Waals surface area contributed by atoms with Crippen molar-refractivity contribution in [3.63, 3.8) is 0 Å². The first-order valence-corrected chi connectivity index (χ1v) is 29.1. The summed E-state index contributed by atoms with van der Waals surface area (Å²) in [5.41, 5.74) is 1.08.